The van der Waals surface area contributed by atoms with Gasteiger partial charge in [-0.2, -0.15) is 13.2 Å². The molecule has 1 heterocycles. The van der Waals surface area contributed by atoms with E-state index in [0.717, 1.165) is 0 Å². The van der Waals surface area contributed by atoms with E-state index in [1.807, 2.05) is 0 Å². The molecule has 2 fully saturated rings. The van der Waals surface area contributed by atoms with Gasteiger partial charge in [-0.3, -0.25) is 9.59 Å². The molecular weight excluding hydrogens is 313 g/mol. The molecule has 23 heavy (non-hydrogen) atoms. The van der Waals surface area contributed by atoms with Crippen LogP contribution in [0.1, 0.15) is 38.5 Å². The minimum Gasteiger partial charge on any atom is -0.381 e. The Morgan fingerprint density at radius 1 is 1.17 bits per heavy atom. The summed E-state index contributed by atoms with van der Waals surface area (Å²) in [6.07, 6.45) is -2.33. The Labute approximate surface area is 133 Å². The minimum absolute atomic E-state index is 0.0175. The van der Waals surface area contributed by atoms with Gasteiger partial charge in [-0.15, -0.1) is 0 Å². The van der Waals surface area contributed by atoms with Crippen LogP contribution >= 0.6 is 0 Å². The molecule has 0 radical (unpaired) electrons. The molecule has 3 N–H and O–H groups in total. The van der Waals surface area contributed by atoms with E-state index in [0.29, 0.717) is 38.9 Å². The van der Waals surface area contributed by atoms with E-state index in [4.69, 9.17) is 10.5 Å². The van der Waals surface area contributed by atoms with Crippen LogP contribution in [0.4, 0.5) is 13.2 Å². The number of rotatable bonds is 4. The summed E-state index contributed by atoms with van der Waals surface area (Å²) < 4.78 is 44.4. The highest BCUT2D eigenvalue weighted by molar-refractivity contribution is 5.83. The lowest BCUT2D eigenvalue weighted by molar-refractivity contribution is -0.198. The summed E-state index contributed by atoms with van der Waals surface area (Å²) in [5, 5.41) is 2.55. The summed E-state index contributed by atoms with van der Waals surface area (Å²) in [7, 11) is 0. The second kappa shape index (κ2) is 7.07. The van der Waals surface area contributed by atoms with Crippen LogP contribution in [0.25, 0.3) is 0 Å². The Balaban J connectivity index is 2.01. The second-order valence-corrected chi connectivity index (χ2v) is 6.51. The number of nitrogens with two attached hydrogens (primary N) is 1. The van der Waals surface area contributed by atoms with Gasteiger partial charge in [0.2, 0.25) is 11.8 Å². The topological polar surface area (TPSA) is 81.4 Å². The van der Waals surface area contributed by atoms with E-state index in [9.17, 15) is 22.8 Å². The van der Waals surface area contributed by atoms with Gasteiger partial charge in [0, 0.05) is 25.7 Å². The van der Waals surface area contributed by atoms with Gasteiger partial charge in [-0.05, 0) is 25.7 Å². The quantitative estimate of drug-likeness (QED) is 0.821. The van der Waals surface area contributed by atoms with Gasteiger partial charge in [0.1, 0.15) is 0 Å². The zero-order valence-corrected chi connectivity index (χ0v) is 13.0. The van der Waals surface area contributed by atoms with Crippen molar-refractivity contribution in [3.05, 3.63) is 0 Å². The first-order valence-electron chi connectivity index (χ1n) is 7.98. The predicted octanol–water partition coefficient (Wildman–Crippen LogP) is 1.75. The van der Waals surface area contributed by atoms with Crippen LogP contribution < -0.4 is 11.1 Å². The van der Waals surface area contributed by atoms with Gasteiger partial charge in [0.05, 0.1) is 11.3 Å². The second-order valence-electron chi connectivity index (χ2n) is 6.51. The van der Waals surface area contributed by atoms with E-state index in [1.54, 1.807) is 0 Å². The first-order chi connectivity index (χ1) is 10.8. The molecule has 1 aliphatic carbocycles. The summed E-state index contributed by atoms with van der Waals surface area (Å²) >= 11 is 0. The molecule has 2 amide bonds. The number of ether oxygens (including phenoxy) is 1. The van der Waals surface area contributed by atoms with Crippen molar-refractivity contribution in [2.45, 2.75) is 44.7 Å². The van der Waals surface area contributed by atoms with Gasteiger partial charge >= 0.3 is 6.18 Å². The standard InChI is InChI=1S/C15H23F3N2O3/c16-15(17,18)11-4-2-1-3-10(11)12(21)20-9-14(13(19)22)5-7-23-8-6-14/h10-11H,1-9H2,(H2,19,22)(H,20,21)/t10-,11-/m0/s1. The molecule has 5 nitrogen and oxygen atoms in total. The highest BCUT2D eigenvalue weighted by atomic mass is 19.4. The molecule has 0 bridgehead atoms. The molecule has 0 aromatic heterocycles. The molecule has 0 unspecified atom stereocenters. The summed E-state index contributed by atoms with van der Waals surface area (Å²) in [6.45, 7) is 0.687. The van der Waals surface area contributed by atoms with Crippen molar-refractivity contribution >= 4 is 11.8 Å². The number of amides is 2. The van der Waals surface area contributed by atoms with E-state index < -0.39 is 35.2 Å². The molecule has 1 saturated heterocycles. The third-order valence-corrected chi connectivity index (χ3v) is 5.10. The van der Waals surface area contributed by atoms with Crippen LogP contribution in [-0.2, 0) is 14.3 Å². The number of carbonyl (C=O) groups excluding carboxylic acids is 2. The van der Waals surface area contributed by atoms with E-state index in [1.165, 1.54) is 0 Å². The third-order valence-electron chi connectivity index (χ3n) is 5.10. The Kier molecular flexibility index (Phi) is 5.54. The average Bonchev–Trinajstić information content (AvgIpc) is 2.52. The zero-order chi connectivity index (χ0) is 17.1. The van der Waals surface area contributed by atoms with Crippen molar-refractivity contribution in [2.24, 2.45) is 23.0 Å². The van der Waals surface area contributed by atoms with Crippen LogP contribution in [0, 0.1) is 17.3 Å². The van der Waals surface area contributed by atoms with Crippen molar-refractivity contribution < 1.29 is 27.5 Å². The van der Waals surface area contributed by atoms with Crippen LogP contribution in [0.15, 0.2) is 0 Å². The smallest absolute Gasteiger partial charge is 0.381 e. The molecule has 1 saturated carbocycles. The normalized spacial score (nSPS) is 28.1. The first kappa shape index (κ1) is 18.0. The highest BCUT2D eigenvalue weighted by Crippen LogP contribution is 2.41. The molecule has 2 rings (SSSR count). The fourth-order valence-electron chi connectivity index (χ4n) is 3.50. The lowest BCUT2D eigenvalue weighted by Crippen LogP contribution is -2.51. The summed E-state index contributed by atoms with van der Waals surface area (Å²) in [6, 6.07) is 0. The fraction of sp³-hybridized carbons (Fsp3) is 0.867. The Hall–Kier alpha value is -1.31. The van der Waals surface area contributed by atoms with Gasteiger partial charge in [0.25, 0.3) is 0 Å². The Morgan fingerprint density at radius 2 is 1.78 bits per heavy atom. The molecule has 132 valence electrons. The number of hydrogen-bond acceptors (Lipinski definition) is 3. The van der Waals surface area contributed by atoms with Gasteiger partial charge < -0.3 is 15.8 Å². The fourth-order valence-corrected chi connectivity index (χ4v) is 3.50. The lowest BCUT2D eigenvalue weighted by atomic mass is 9.77. The predicted molar refractivity (Wildman–Crippen MR) is 76.2 cm³/mol. The molecule has 2 atom stereocenters. The number of hydrogen-bond donors (Lipinski definition) is 2. The first-order valence-corrected chi connectivity index (χ1v) is 7.98. The van der Waals surface area contributed by atoms with E-state index in [2.05, 4.69) is 5.32 Å². The number of primary amides is 1. The van der Waals surface area contributed by atoms with E-state index >= 15 is 0 Å². The molecule has 1 aliphatic heterocycles. The van der Waals surface area contributed by atoms with Gasteiger partial charge in [-0.25, -0.2) is 0 Å². The monoisotopic (exact) mass is 336 g/mol. The number of nitrogens with one attached hydrogen (secondary N) is 1. The Morgan fingerprint density at radius 3 is 2.35 bits per heavy atom. The summed E-state index contributed by atoms with van der Waals surface area (Å²) in [5.41, 5.74) is 4.52. The van der Waals surface area contributed by atoms with E-state index in [-0.39, 0.29) is 19.4 Å². The summed E-state index contributed by atoms with van der Waals surface area (Å²) in [4.78, 5) is 24.0. The maximum absolute atomic E-state index is 13.1. The average molecular weight is 336 g/mol. The van der Waals surface area contributed by atoms with Crippen molar-refractivity contribution in [1.82, 2.24) is 5.32 Å². The van der Waals surface area contributed by atoms with Crippen molar-refractivity contribution in [3.8, 4) is 0 Å². The molecule has 0 spiro atoms. The summed E-state index contributed by atoms with van der Waals surface area (Å²) in [5.74, 6) is -3.85. The maximum atomic E-state index is 13.1. The van der Waals surface area contributed by atoms with Crippen LogP contribution in [-0.4, -0.2) is 37.7 Å². The van der Waals surface area contributed by atoms with Crippen LogP contribution in [0.2, 0.25) is 0 Å². The van der Waals surface area contributed by atoms with Crippen molar-refractivity contribution in [3.63, 3.8) is 0 Å². The SMILES string of the molecule is NC(=O)C1(CNC(=O)[C@H]2CCCC[C@@H]2C(F)(F)F)CCOCC1. The number of alkyl halides is 3. The number of halogens is 3. The highest BCUT2D eigenvalue weighted by Gasteiger charge is 2.48. The number of carbonyl (C=O) groups is 2. The van der Waals surface area contributed by atoms with Gasteiger partial charge in [-0.1, -0.05) is 12.8 Å². The van der Waals surface area contributed by atoms with Crippen molar-refractivity contribution in [2.75, 3.05) is 19.8 Å². The Bertz CT molecular complexity index is 448. The molecule has 0 aromatic carbocycles. The maximum Gasteiger partial charge on any atom is 0.392 e. The molecule has 2 aliphatic rings. The van der Waals surface area contributed by atoms with Gasteiger partial charge in [0.15, 0.2) is 0 Å². The molecule has 8 heteroatoms. The lowest BCUT2D eigenvalue weighted by Gasteiger charge is -2.36. The van der Waals surface area contributed by atoms with Crippen LogP contribution in [0.5, 0.6) is 0 Å². The largest absolute Gasteiger partial charge is 0.392 e. The zero-order valence-electron chi connectivity index (χ0n) is 13.0. The minimum atomic E-state index is -4.37. The van der Waals surface area contributed by atoms with Crippen molar-refractivity contribution in [1.29, 1.82) is 0 Å². The molecule has 0 aromatic rings. The van der Waals surface area contributed by atoms with Crippen LogP contribution in [0.3, 0.4) is 0 Å². The third kappa shape index (κ3) is 4.16. The molecular formula is C15H23F3N2O3.